The molecule has 6 nitrogen and oxygen atoms in total. The van der Waals surface area contributed by atoms with Crippen molar-refractivity contribution in [2.45, 2.75) is 27.7 Å². The van der Waals surface area contributed by atoms with E-state index in [0.29, 0.717) is 6.54 Å². The molecule has 0 radical (unpaired) electrons. The number of aliphatic imine (C=N–C) groups is 1. The van der Waals surface area contributed by atoms with E-state index < -0.39 is 5.41 Å². The topological polar surface area (TPSA) is 60.0 Å². The van der Waals surface area contributed by atoms with Crippen LogP contribution in [0.5, 0.6) is 0 Å². The molecule has 1 heterocycles. The summed E-state index contributed by atoms with van der Waals surface area (Å²) in [7, 11) is 1.67. The first-order chi connectivity index (χ1) is 12.4. The Hall–Kier alpha value is -2.24. The number of nitrogens with one attached hydrogen (secondary N) is 2. The van der Waals surface area contributed by atoms with Gasteiger partial charge < -0.3 is 20.4 Å². The molecule has 0 aromatic heterocycles. The van der Waals surface area contributed by atoms with E-state index in [9.17, 15) is 4.79 Å². The van der Waals surface area contributed by atoms with Gasteiger partial charge >= 0.3 is 0 Å². The maximum absolute atomic E-state index is 12.0. The molecule has 1 amide bonds. The van der Waals surface area contributed by atoms with Crippen LogP contribution in [0.4, 0.5) is 5.69 Å². The standard InChI is InChI=1S/C20H33N5O/c1-6-22-19(23-15-20(3,4)18(26)21-5)25-12-10-24(11-13-25)17-9-7-8-16(2)14-17/h7-9,14H,6,10-13,15H2,1-5H3,(H,21,26)(H,22,23). The number of carbonyl (C=O) groups is 1. The first kappa shape index (κ1) is 20.1. The number of piperazine rings is 1. The van der Waals surface area contributed by atoms with Crippen LogP contribution in [0.25, 0.3) is 0 Å². The van der Waals surface area contributed by atoms with Crippen LogP contribution in [0.1, 0.15) is 26.3 Å². The van der Waals surface area contributed by atoms with Crippen molar-refractivity contribution >= 4 is 17.6 Å². The normalized spacial score (nSPS) is 15.8. The molecule has 6 heteroatoms. The summed E-state index contributed by atoms with van der Waals surface area (Å²) in [5.41, 5.74) is 2.06. The Morgan fingerprint density at radius 2 is 1.92 bits per heavy atom. The summed E-state index contributed by atoms with van der Waals surface area (Å²) in [5, 5.41) is 6.09. The highest BCUT2D eigenvalue weighted by Crippen LogP contribution is 2.19. The number of anilines is 1. The van der Waals surface area contributed by atoms with Crippen LogP contribution in [0.3, 0.4) is 0 Å². The van der Waals surface area contributed by atoms with Crippen LogP contribution < -0.4 is 15.5 Å². The fourth-order valence-corrected chi connectivity index (χ4v) is 3.11. The third kappa shape index (κ3) is 5.13. The van der Waals surface area contributed by atoms with E-state index in [0.717, 1.165) is 38.7 Å². The molecule has 2 N–H and O–H groups in total. The Balaban J connectivity index is 2.01. The van der Waals surface area contributed by atoms with Crippen LogP contribution in [-0.2, 0) is 4.79 Å². The van der Waals surface area contributed by atoms with Crippen molar-refractivity contribution in [1.82, 2.24) is 15.5 Å². The van der Waals surface area contributed by atoms with Crippen molar-refractivity contribution in [3.63, 3.8) is 0 Å². The third-order valence-corrected chi connectivity index (χ3v) is 4.75. The van der Waals surface area contributed by atoms with Crippen molar-refractivity contribution in [1.29, 1.82) is 0 Å². The molecule has 1 aliphatic heterocycles. The summed E-state index contributed by atoms with van der Waals surface area (Å²) in [6.45, 7) is 13.1. The predicted molar refractivity (Wildman–Crippen MR) is 109 cm³/mol. The van der Waals surface area contributed by atoms with Gasteiger partial charge in [-0.05, 0) is 45.4 Å². The van der Waals surface area contributed by atoms with E-state index in [-0.39, 0.29) is 5.91 Å². The highest BCUT2D eigenvalue weighted by Gasteiger charge is 2.27. The second-order valence-electron chi connectivity index (χ2n) is 7.45. The number of guanidine groups is 1. The molecule has 1 aliphatic rings. The van der Waals surface area contributed by atoms with E-state index in [1.54, 1.807) is 7.05 Å². The molecule has 1 fully saturated rings. The van der Waals surface area contributed by atoms with Gasteiger partial charge in [0.1, 0.15) is 0 Å². The lowest BCUT2D eigenvalue weighted by Gasteiger charge is -2.38. The lowest BCUT2D eigenvalue weighted by molar-refractivity contribution is -0.128. The van der Waals surface area contributed by atoms with Crippen molar-refractivity contribution in [3.8, 4) is 0 Å². The SMILES string of the molecule is CCNC(=NCC(C)(C)C(=O)NC)N1CCN(c2cccc(C)c2)CC1. The second kappa shape index (κ2) is 8.92. The van der Waals surface area contributed by atoms with Gasteiger partial charge in [-0.25, -0.2) is 0 Å². The number of hydrogen-bond donors (Lipinski definition) is 2. The zero-order valence-electron chi connectivity index (χ0n) is 16.8. The van der Waals surface area contributed by atoms with Crippen molar-refractivity contribution in [3.05, 3.63) is 29.8 Å². The van der Waals surface area contributed by atoms with Gasteiger partial charge in [0.25, 0.3) is 0 Å². The summed E-state index contributed by atoms with van der Waals surface area (Å²) >= 11 is 0. The zero-order valence-corrected chi connectivity index (χ0v) is 16.8. The minimum Gasteiger partial charge on any atom is -0.368 e. The molecule has 0 bridgehead atoms. The molecule has 144 valence electrons. The molecule has 1 saturated heterocycles. The number of carbonyl (C=O) groups excluding carboxylic acids is 1. The molecule has 1 aromatic carbocycles. The quantitative estimate of drug-likeness (QED) is 0.622. The number of aryl methyl sites for hydroxylation is 1. The van der Waals surface area contributed by atoms with Gasteiger partial charge in [0.15, 0.2) is 5.96 Å². The average Bonchev–Trinajstić information content (AvgIpc) is 2.64. The number of benzene rings is 1. The van der Waals surface area contributed by atoms with E-state index in [4.69, 9.17) is 4.99 Å². The lowest BCUT2D eigenvalue weighted by atomic mass is 9.93. The number of hydrogen-bond acceptors (Lipinski definition) is 3. The van der Waals surface area contributed by atoms with Crippen molar-refractivity contribution < 1.29 is 4.79 Å². The average molecular weight is 360 g/mol. The zero-order chi connectivity index (χ0) is 19.2. The van der Waals surface area contributed by atoms with Crippen LogP contribution in [0.15, 0.2) is 29.3 Å². The second-order valence-corrected chi connectivity index (χ2v) is 7.45. The number of nitrogens with zero attached hydrogens (tertiary/aromatic N) is 3. The van der Waals surface area contributed by atoms with Gasteiger partial charge in [-0.1, -0.05) is 12.1 Å². The van der Waals surface area contributed by atoms with Crippen molar-refractivity contribution in [2.24, 2.45) is 10.4 Å². The van der Waals surface area contributed by atoms with E-state index >= 15 is 0 Å². The van der Waals surface area contributed by atoms with E-state index in [1.165, 1.54) is 11.3 Å². The lowest BCUT2D eigenvalue weighted by Crippen LogP contribution is -2.53. The van der Waals surface area contributed by atoms with E-state index in [2.05, 4.69) is 58.5 Å². The van der Waals surface area contributed by atoms with Gasteiger partial charge in [-0.3, -0.25) is 9.79 Å². The molecule has 0 spiro atoms. The Kier molecular flexibility index (Phi) is 6.89. The van der Waals surface area contributed by atoms with Crippen LogP contribution in [0.2, 0.25) is 0 Å². The molecule has 0 saturated carbocycles. The predicted octanol–water partition coefficient (Wildman–Crippen LogP) is 1.85. The van der Waals surface area contributed by atoms with Crippen molar-refractivity contribution in [2.75, 3.05) is 51.2 Å². The Bertz CT molecular complexity index is 633. The molecule has 2 rings (SSSR count). The van der Waals surface area contributed by atoms with Gasteiger partial charge in [0.05, 0.1) is 12.0 Å². The fraction of sp³-hybridized carbons (Fsp3) is 0.600. The summed E-state index contributed by atoms with van der Waals surface area (Å²) in [6, 6.07) is 8.65. The third-order valence-electron chi connectivity index (χ3n) is 4.75. The van der Waals surface area contributed by atoms with Gasteiger partial charge in [0, 0.05) is 45.5 Å². The van der Waals surface area contributed by atoms with Gasteiger partial charge in [0.2, 0.25) is 5.91 Å². The Labute approximate surface area is 157 Å². The van der Waals surface area contributed by atoms with E-state index in [1.807, 2.05) is 13.8 Å². The molecule has 0 unspecified atom stereocenters. The minimum atomic E-state index is -0.515. The fourth-order valence-electron chi connectivity index (χ4n) is 3.11. The first-order valence-electron chi connectivity index (χ1n) is 9.44. The number of rotatable bonds is 5. The highest BCUT2D eigenvalue weighted by molar-refractivity contribution is 5.83. The minimum absolute atomic E-state index is 0.0152. The highest BCUT2D eigenvalue weighted by atomic mass is 16.2. The monoisotopic (exact) mass is 359 g/mol. The molecule has 0 aliphatic carbocycles. The van der Waals surface area contributed by atoms with Gasteiger partial charge in [-0.15, -0.1) is 0 Å². The maximum Gasteiger partial charge on any atom is 0.227 e. The smallest absolute Gasteiger partial charge is 0.227 e. The summed E-state index contributed by atoms with van der Waals surface area (Å²) < 4.78 is 0. The molecule has 0 atom stereocenters. The van der Waals surface area contributed by atoms with Gasteiger partial charge in [-0.2, -0.15) is 0 Å². The molecule has 26 heavy (non-hydrogen) atoms. The molecule has 1 aromatic rings. The largest absolute Gasteiger partial charge is 0.368 e. The van der Waals surface area contributed by atoms with Crippen LogP contribution in [-0.4, -0.2) is 63.1 Å². The summed E-state index contributed by atoms with van der Waals surface area (Å²) in [5.74, 6) is 0.912. The Morgan fingerprint density at radius 3 is 2.50 bits per heavy atom. The first-order valence-corrected chi connectivity index (χ1v) is 9.44. The number of amides is 1. The van der Waals surface area contributed by atoms with Crippen LogP contribution >= 0.6 is 0 Å². The Morgan fingerprint density at radius 1 is 1.23 bits per heavy atom. The maximum atomic E-state index is 12.0. The summed E-state index contributed by atoms with van der Waals surface area (Å²) in [6.07, 6.45) is 0. The summed E-state index contributed by atoms with van der Waals surface area (Å²) in [4.78, 5) is 21.4. The molecular formula is C20H33N5O. The molecular weight excluding hydrogens is 326 g/mol. The van der Waals surface area contributed by atoms with Crippen LogP contribution in [0, 0.1) is 12.3 Å².